The molecule has 35 heavy (non-hydrogen) atoms. The zero-order chi connectivity index (χ0) is 25.3. The molecular formula is C29H24NO5-. The first-order chi connectivity index (χ1) is 16.7. The molecule has 0 aromatic heterocycles. The number of hydrogen-bond donors (Lipinski definition) is 1. The number of rotatable bonds is 3. The van der Waals surface area contributed by atoms with E-state index in [9.17, 15) is 9.90 Å². The zero-order valence-electron chi connectivity index (χ0n) is 19.7. The van der Waals surface area contributed by atoms with Crippen LogP contribution in [0.3, 0.4) is 0 Å². The number of carboxylic acids is 2. The number of aliphatic carboxylic acids is 1. The van der Waals surface area contributed by atoms with E-state index in [1.807, 2.05) is 79.7 Å². The van der Waals surface area contributed by atoms with Crippen molar-refractivity contribution in [3.8, 4) is 11.5 Å². The van der Waals surface area contributed by atoms with Gasteiger partial charge in [0.1, 0.15) is 11.5 Å². The van der Waals surface area contributed by atoms with E-state index < -0.39 is 11.9 Å². The van der Waals surface area contributed by atoms with Gasteiger partial charge in [-0.1, -0.05) is 49.0 Å². The second-order valence-electron chi connectivity index (χ2n) is 8.40. The van der Waals surface area contributed by atoms with E-state index in [0.717, 1.165) is 45.0 Å². The van der Waals surface area contributed by atoms with Crippen molar-refractivity contribution < 1.29 is 24.5 Å². The fourth-order valence-electron chi connectivity index (χ4n) is 4.16. The highest BCUT2D eigenvalue weighted by Gasteiger charge is 2.24. The van der Waals surface area contributed by atoms with Crippen LogP contribution in [0.1, 0.15) is 28.4 Å². The van der Waals surface area contributed by atoms with Gasteiger partial charge in [-0.25, -0.2) is 0 Å². The van der Waals surface area contributed by atoms with Crippen molar-refractivity contribution in [3.05, 3.63) is 99.9 Å². The maximum Gasteiger partial charge on any atom is 0.300 e. The van der Waals surface area contributed by atoms with E-state index in [0.29, 0.717) is 17.1 Å². The molecule has 0 fully saturated rings. The van der Waals surface area contributed by atoms with Crippen molar-refractivity contribution in [2.75, 3.05) is 19.0 Å². The third-order valence-corrected chi connectivity index (χ3v) is 5.68. The minimum Gasteiger partial charge on any atom is -0.545 e. The molecule has 176 valence electrons. The van der Waals surface area contributed by atoms with E-state index in [4.69, 9.17) is 14.6 Å². The van der Waals surface area contributed by atoms with Crippen molar-refractivity contribution in [2.24, 2.45) is 0 Å². The lowest BCUT2D eigenvalue weighted by molar-refractivity contribution is -0.255. The predicted octanol–water partition coefficient (Wildman–Crippen LogP) is 3.12. The van der Waals surface area contributed by atoms with Crippen molar-refractivity contribution in [1.82, 2.24) is 0 Å². The number of benzene rings is 4. The van der Waals surface area contributed by atoms with Crippen LogP contribution in [-0.2, 0) is 4.79 Å². The Morgan fingerprint density at radius 2 is 1.66 bits per heavy atom. The molecule has 0 spiro atoms. The minimum atomic E-state index is -1.20. The number of carbonyl (C=O) groups excluding carboxylic acids is 1. The Hall–Kier alpha value is -4.58. The summed E-state index contributed by atoms with van der Waals surface area (Å²) in [5, 5.41) is 23.1. The summed E-state index contributed by atoms with van der Waals surface area (Å²) in [5.41, 5.74) is 3.43. The number of carbonyl (C=O) groups is 2. The quantitative estimate of drug-likeness (QED) is 0.440. The monoisotopic (exact) mass is 466 g/mol. The number of fused-ring (bicyclic) bond motifs is 4. The number of carboxylic acid groups (broad SMARTS) is 2. The standard InChI is InChI=1S/C27H21NO3.C2H4O2/c1-16-8-11-19-17(14-16)9-12-23-25(20-6-4-5-7-21(20)27(29)30)22-13-10-18(28(2)3)15-24(22)31-26(19)23;1-2(3)4/h4-15H,1H2,2-3H3,(H,29,30);1H3,(H,3,4)/p-1. The normalized spacial score (nSPS) is 11.5. The number of ether oxygens (including phenoxy) is 1. The number of nitrogens with zero attached hydrogens (tertiary/aromatic N) is 1. The average molecular weight is 467 g/mol. The SMILES string of the molecule is C=c1ccc2c3c(ccc2c1)=C(c1ccccc1C(=O)[O-])c1ccc(N(C)C)cc1O3.CC(=O)O. The largest absolute Gasteiger partial charge is 0.545 e. The zero-order valence-corrected chi connectivity index (χ0v) is 19.7. The molecule has 6 nitrogen and oxygen atoms in total. The Balaban J connectivity index is 0.000000672. The lowest BCUT2D eigenvalue weighted by atomic mass is 9.88. The summed E-state index contributed by atoms with van der Waals surface area (Å²) in [6, 6.07) is 22.9. The van der Waals surface area contributed by atoms with Gasteiger partial charge in [0.25, 0.3) is 5.97 Å². The molecule has 6 heteroatoms. The van der Waals surface area contributed by atoms with E-state index in [-0.39, 0.29) is 5.56 Å². The highest BCUT2D eigenvalue weighted by atomic mass is 16.5. The van der Waals surface area contributed by atoms with Gasteiger partial charge in [-0.3, -0.25) is 4.79 Å². The summed E-state index contributed by atoms with van der Waals surface area (Å²) in [6.07, 6.45) is 0. The summed E-state index contributed by atoms with van der Waals surface area (Å²) < 4.78 is 6.44. The fourth-order valence-corrected chi connectivity index (χ4v) is 4.16. The van der Waals surface area contributed by atoms with E-state index in [1.165, 1.54) is 0 Å². The van der Waals surface area contributed by atoms with Crippen molar-refractivity contribution in [3.63, 3.8) is 0 Å². The molecule has 0 amide bonds. The van der Waals surface area contributed by atoms with Crippen LogP contribution in [0.5, 0.6) is 11.5 Å². The molecule has 0 atom stereocenters. The van der Waals surface area contributed by atoms with Gasteiger partial charge in [0.2, 0.25) is 0 Å². The summed E-state index contributed by atoms with van der Waals surface area (Å²) in [6.45, 7) is 5.10. The summed E-state index contributed by atoms with van der Waals surface area (Å²) >= 11 is 0. The van der Waals surface area contributed by atoms with Crippen LogP contribution in [0.2, 0.25) is 0 Å². The Morgan fingerprint density at radius 1 is 0.943 bits per heavy atom. The van der Waals surface area contributed by atoms with Gasteiger partial charge >= 0.3 is 0 Å². The van der Waals surface area contributed by atoms with Crippen LogP contribution in [0.4, 0.5) is 5.69 Å². The molecule has 0 unspecified atom stereocenters. The Morgan fingerprint density at radius 3 is 2.34 bits per heavy atom. The van der Waals surface area contributed by atoms with Gasteiger partial charge < -0.3 is 24.6 Å². The van der Waals surface area contributed by atoms with Crippen LogP contribution in [0.25, 0.3) is 22.9 Å². The van der Waals surface area contributed by atoms with Crippen molar-refractivity contribution >= 4 is 40.6 Å². The van der Waals surface area contributed by atoms with Crippen molar-refractivity contribution in [1.29, 1.82) is 0 Å². The second kappa shape index (κ2) is 9.35. The molecule has 1 aliphatic heterocycles. The molecule has 4 aromatic carbocycles. The molecule has 0 radical (unpaired) electrons. The van der Waals surface area contributed by atoms with Gasteiger partial charge in [0, 0.05) is 60.1 Å². The molecule has 0 saturated heterocycles. The molecule has 1 aliphatic rings. The lowest BCUT2D eigenvalue weighted by Gasteiger charge is -2.25. The van der Waals surface area contributed by atoms with Crippen LogP contribution in [0, 0.1) is 0 Å². The summed E-state index contributed by atoms with van der Waals surface area (Å²) in [5.74, 6) is -0.637. The third kappa shape index (κ3) is 4.59. The number of anilines is 1. The Bertz CT molecular complexity index is 1580. The summed E-state index contributed by atoms with van der Waals surface area (Å²) in [7, 11) is 3.94. The minimum absolute atomic E-state index is 0.154. The topological polar surface area (TPSA) is 89.9 Å². The fraction of sp³-hybridized carbons (Fsp3) is 0.103. The van der Waals surface area contributed by atoms with Gasteiger partial charge in [-0.05, 0) is 40.4 Å². The van der Waals surface area contributed by atoms with E-state index in [1.54, 1.807) is 12.1 Å². The first-order valence-corrected chi connectivity index (χ1v) is 10.9. The molecule has 5 rings (SSSR count). The van der Waals surface area contributed by atoms with Crippen LogP contribution in [-0.4, -0.2) is 31.1 Å². The average Bonchev–Trinajstić information content (AvgIpc) is 2.81. The van der Waals surface area contributed by atoms with Gasteiger partial charge in [-0.2, -0.15) is 0 Å². The van der Waals surface area contributed by atoms with Crippen LogP contribution >= 0.6 is 0 Å². The Labute approximate surface area is 202 Å². The van der Waals surface area contributed by atoms with Gasteiger partial charge in [0.05, 0.1) is 5.97 Å². The molecule has 0 bridgehead atoms. The van der Waals surface area contributed by atoms with Crippen LogP contribution in [0.15, 0.2) is 72.8 Å². The van der Waals surface area contributed by atoms with E-state index in [2.05, 4.69) is 6.58 Å². The molecular weight excluding hydrogens is 442 g/mol. The number of aromatic carboxylic acids is 1. The van der Waals surface area contributed by atoms with Gasteiger partial charge in [-0.15, -0.1) is 0 Å². The highest BCUT2D eigenvalue weighted by Crippen LogP contribution is 2.41. The highest BCUT2D eigenvalue weighted by molar-refractivity contribution is 5.99. The smallest absolute Gasteiger partial charge is 0.300 e. The van der Waals surface area contributed by atoms with Crippen molar-refractivity contribution in [2.45, 2.75) is 6.92 Å². The molecule has 1 N–H and O–H groups in total. The third-order valence-electron chi connectivity index (χ3n) is 5.68. The van der Waals surface area contributed by atoms with Crippen LogP contribution < -0.4 is 25.2 Å². The predicted molar refractivity (Wildman–Crippen MR) is 135 cm³/mol. The first-order valence-electron chi connectivity index (χ1n) is 10.9. The first kappa shape index (κ1) is 23.6. The molecule has 0 saturated carbocycles. The second-order valence-corrected chi connectivity index (χ2v) is 8.40. The number of hydrogen-bond acceptors (Lipinski definition) is 5. The molecule has 1 heterocycles. The Kier molecular flexibility index (Phi) is 6.30. The maximum absolute atomic E-state index is 11.9. The van der Waals surface area contributed by atoms with E-state index >= 15 is 0 Å². The molecule has 4 aromatic rings. The van der Waals surface area contributed by atoms with Gasteiger partial charge in [0.15, 0.2) is 0 Å². The lowest BCUT2D eigenvalue weighted by Crippen LogP contribution is -2.25. The molecule has 0 aliphatic carbocycles. The maximum atomic E-state index is 11.9. The summed E-state index contributed by atoms with van der Waals surface area (Å²) in [4.78, 5) is 22.9.